The molecule has 0 saturated heterocycles. The lowest BCUT2D eigenvalue weighted by atomic mass is 9.92. The molecule has 0 radical (unpaired) electrons. The summed E-state index contributed by atoms with van der Waals surface area (Å²) in [7, 11) is -2.49. The molecule has 0 amide bonds. The Balaban J connectivity index is 1.72. The topological polar surface area (TPSA) is 94.2 Å². The van der Waals surface area contributed by atoms with Crippen LogP contribution in [0.25, 0.3) is 11.9 Å². The summed E-state index contributed by atoms with van der Waals surface area (Å²) in [6.07, 6.45) is 1.23. The zero-order valence-electron chi connectivity index (χ0n) is 16.9. The Kier molecular flexibility index (Phi) is 5.12. The standard InChI is InChI=1S/C21H21F2N3O4S/c1-21(12-31(27,28)26(2)20(24)25-21)15-9-13(3-5-16(15)22)10-17(23)14-4-6-18-19(11-14)30-8-7-29-18/h3-6,9-11H,7-8,12H2,1-2H3,(H2,24,25)/b17-10-/t21-/m0/s1. The lowest BCUT2D eigenvalue weighted by Gasteiger charge is -2.34. The van der Waals surface area contributed by atoms with Gasteiger partial charge in [0.05, 0.1) is 5.75 Å². The molecule has 2 N–H and O–H groups in total. The number of sulfonamides is 1. The van der Waals surface area contributed by atoms with Crippen LogP contribution in [-0.2, 0) is 15.6 Å². The van der Waals surface area contributed by atoms with Gasteiger partial charge in [0.2, 0.25) is 16.0 Å². The number of fused-ring (bicyclic) bond motifs is 1. The quantitative estimate of drug-likeness (QED) is 0.728. The number of aliphatic imine (C=N–C) groups is 1. The molecular weight excluding hydrogens is 428 g/mol. The van der Waals surface area contributed by atoms with Gasteiger partial charge in [-0.2, -0.15) is 0 Å². The summed E-state index contributed by atoms with van der Waals surface area (Å²) >= 11 is 0. The van der Waals surface area contributed by atoms with Crippen LogP contribution in [0.3, 0.4) is 0 Å². The smallest absolute Gasteiger partial charge is 0.239 e. The van der Waals surface area contributed by atoms with E-state index in [1.807, 2.05) is 0 Å². The fraction of sp³-hybridized carbons (Fsp3) is 0.286. The third-order valence-corrected chi connectivity index (χ3v) is 7.20. The van der Waals surface area contributed by atoms with Crippen molar-refractivity contribution in [2.75, 3.05) is 26.0 Å². The molecule has 4 rings (SSSR count). The van der Waals surface area contributed by atoms with Crippen molar-refractivity contribution in [1.82, 2.24) is 4.31 Å². The zero-order chi connectivity index (χ0) is 22.4. The maximum absolute atomic E-state index is 14.9. The molecular formula is C21H21F2N3O4S. The van der Waals surface area contributed by atoms with E-state index in [2.05, 4.69) is 4.99 Å². The van der Waals surface area contributed by atoms with Crippen molar-refractivity contribution >= 4 is 27.9 Å². The van der Waals surface area contributed by atoms with E-state index in [0.717, 1.165) is 10.4 Å². The lowest BCUT2D eigenvalue weighted by molar-refractivity contribution is 0.171. The molecule has 0 aliphatic carbocycles. The Labute approximate surface area is 178 Å². The first-order chi connectivity index (χ1) is 14.6. The predicted octanol–water partition coefficient (Wildman–Crippen LogP) is 2.87. The minimum atomic E-state index is -3.78. The number of nitrogens with two attached hydrogens (primary N) is 1. The van der Waals surface area contributed by atoms with Crippen molar-refractivity contribution in [2.24, 2.45) is 10.7 Å². The van der Waals surface area contributed by atoms with Crippen LogP contribution in [0.4, 0.5) is 8.78 Å². The second-order valence-electron chi connectivity index (χ2n) is 7.56. The highest BCUT2D eigenvalue weighted by molar-refractivity contribution is 7.89. The summed E-state index contributed by atoms with van der Waals surface area (Å²) in [5.74, 6) is -0.947. The van der Waals surface area contributed by atoms with Crippen LogP contribution in [0.2, 0.25) is 0 Å². The second-order valence-corrected chi connectivity index (χ2v) is 9.56. The van der Waals surface area contributed by atoms with Gasteiger partial charge in [0.15, 0.2) is 11.5 Å². The van der Waals surface area contributed by atoms with Gasteiger partial charge < -0.3 is 15.2 Å². The monoisotopic (exact) mass is 449 g/mol. The van der Waals surface area contributed by atoms with Crippen LogP contribution in [0.5, 0.6) is 11.5 Å². The third-order valence-electron chi connectivity index (χ3n) is 5.25. The first-order valence-electron chi connectivity index (χ1n) is 9.48. The zero-order valence-corrected chi connectivity index (χ0v) is 17.7. The number of rotatable bonds is 3. The molecule has 2 heterocycles. The predicted molar refractivity (Wildman–Crippen MR) is 113 cm³/mol. The molecule has 0 spiro atoms. The highest BCUT2D eigenvalue weighted by Gasteiger charge is 2.41. The first-order valence-corrected chi connectivity index (χ1v) is 11.1. The van der Waals surface area contributed by atoms with Gasteiger partial charge in [-0.15, -0.1) is 0 Å². The Morgan fingerprint density at radius 3 is 2.61 bits per heavy atom. The second kappa shape index (κ2) is 7.52. The van der Waals surface area contributed by atoms with Crippen LogP contribution < -0.4 is 15.2 Å². The molecule has 0 aromatic heterocycles. The number of halogens is 2. The molecule has 1 atom stereocenters. The molecule has 0 unspecified atom stereocenters. The van der Waals surface area contributed by atoms with E-state index in [-0.39, 0.29) is 17.1 Å². The van der Waals surface area contributed by atoms with E-state index >= 15 is 0 Å². The van der Waals surface area contributed by atoms with Gasteiger partial charge in [-0.3, -0.25) is 0 Å². The average molecular weight is 449 g/mol. The highest BCUT2D eigenvalue weighted by Crippen LogP contribution is 2.36. The molecule has 0 saturated carbocycles. The third kappa shape index (κ3) is 3.95. The fourth-order valence-electron chi connectivity index (χ4n) is 3.55. The van der Waals surface area contributed by atoms with E-state index in [4.69, 9.17) is 15.2 Å². The number of nitrogens with zero attached hydrogens (tertiary/aromatic N) is 2. The van der Waals surface area contributed by atoms with Crippen molar-refractivity contribution in [3.8, 4) is 11.5 Å². The number of guanidine groups is 1. The summed E-state index contributed by atoms with van der Waals surface area (Å²) in [5, 5.41) is 0. The normalized spacial score (nSPS) is 22.8. The summed E-state index contributed by atoms with van der Waals surface area (Å²) < 4.78 is 66.2. The van der Waals surface area contributed by atoms with Gasteiger partial charge >= 0.3 is 0 Å². The van der Waals surface area contributed by atoms with Crippen molar-refractivity contribution in [1.29, 1.82) is 0 Å². The van der Waals surface area contributed by atoms with E-state index < -0.39 is 33.0 Å². The van der Waals surface area contributed by atoms with E-state index in [1.165, 1.54) is 38.2 Å². The van der Waals surface area contributed by atoms with Crippen LogP contribution in [0, 0.1) is 5.82 Å². The lowest BCUT2D eigenvalue weighted by Crippen LogP contribution is -2.50. The maximum Gasteiger partial charge on any atom is 0.239 e. The summed E-state index contributed by atoms with van der Waals surface area (Å²) in [6.45, 7) is 2.29. The average Bonchev–Trinajstić information content (AvgIpc) is 2.72. The molecule has 2 aromatic carbocycles. The highest BCUT2D eigenvalue weighted by atomic mass is 32.2. The van der Waals surface area contributed by atoms with Gasteiger partial charge in [0.1, 0.15) is 30.4 Å². The molecule has 7 nitrogen and oxygen atoms in total. The minimum absolute atomic E-state index is 0.0100. The maximum atomic E-state index is 14.9. The number of ether oxygens (including phenoxy) is 2. The summed E-state index contributed by atoms with van der Waals surface area (Å²) in [4.78, 5) is 4.20. The molecule has 2 aromatic rings. The molecule has 164 valence electrons. The summed E-state index contributed by atoms with van der Waals surface area (Å²) in [6, 6.07) is 8.64. The van der Waals surface area contributed by atoms with Gasteiger partial charge in [-0.25, -0.2) is 26.5 Å². The molecule has 2 aliphatic rings. The van der Waals surface area contributed by atoms with E-state index in [9.17, 15) is 17.2 Å². The van der Waals surface area contributed by atoms with Gasteiger partial charge in [-0.05, 0) is 48.9 Å². The van der Waals surface area contributed by atoms with Crippen LogP contribution in [0.1, 0.15) is 23.6 Å². The molecule has 31 heavy (non-hydrogen) atoms. The molecule has 0 bridgehead atoms. The Bertz CT molecular complexity index is 1210. The summed E-state index contributed by atoms with van der Waals surface area (Å²) in [5.41, 5.74) is 4.92. The number of hydrogen-bond acceptors (Lipinski definition) is 6. The Morgan fingerprint density at radius 2 is 1.90 bits per heavy atom. The van der Waals surface area contributed by atoms with Crippen LogP contribution >= 0.6 is 0 Å². The molecule has 2 aliphatic heterocycles. The number of benzene rings is 2. The van der Waals surface area contributed by atoms with Crippen LogP contribution in [0.15, 0.2) is 41.4 Å². The Hall–Kier alpha value is -3.14. The van der Waals surface area contributed by atoms with Crippen molar-refractivity contribution in [2.45, 2.75) is 12.5 Å². The van der Waals surface area contributed by atoms with Gasteiger partial charge in [-0.1, -0.05) is 6.07 Å². The van der Waals surface area contributed by atoms with Crippen molar-refractivity contribution in [3.63, 3.8) is 0 Å². The fourth-order valence-corrected chi connectivity index (χ4v) is 5.00. The van der Waals surface area contributed by atoms with Gasteiger partial charge in [0, 0.05) is 18.2 Å². The number of hydrogen-bond donors (Lipinski definition) is 1. The van der Waals surface area contributed by atoms with Gasteiger partial charge in [0.25, 0.3) is 0 Å². The minimum Gasteiger partial charge on any atom is -0.486 e. The van der Waals surface area contributed by atoms with Crippen LogP contribution in [-0.4, -0.2) is 44.7 Å². The van der Waals surface area contributed by atoms with Crippen molar-refractivity contribution in [3.05, 3.63) is 58.9 Å². The molecule has 10 heteroatoms. The first kappa shape index (κ1) is 21.1. The Morgan fingerprint density at radius 1 is 1.19 bits per heavy atom. The SMILES string of the molecule is CN1C(N)=N[C@](C)(c2cc(/C=C(\F)c3ccc4c(c3)OCCO4)ccc2F)CS1(=O)=O. The van der Waals surface area contributed by atoms with E-state index in [0.29, 0.717) is 30.3 Å². The van der Waals surface area contributed by atoms with Crippen molar-refractivity contribution < 1.29 is 26.7 Å². The molecule has 0 fully saturated rings. The van der Waals surface area contributed by atoms with E-state index in [1.54, 1.807) is 12.1 Å². The largest absolute Gasteiger partial charge is 0.486 e.